The van der Waals surface area contributed by atoms with Crippen molar-refractivity contribution in [3.63, 3.8) is 0 Å². The second kappa shape index (κ2) is 6.07. The molecular weight excluding hydrogens is 292 g/mol. The molecule has 0 heterocycles. The molecule has 0 aromatic heterocycles. The number of halogens is 1. The average molecular weight is 301 g/mol. The van der Waals surface area contributed by atoms with Gasteiger partial charge in [-0.2, -0.15) is 5.26 Å². The molecular formula is C15H9ClN2O3. The van der Waals surface area contributed by atoms with E-state index in [4.69, 9.17) is 11.6 Å². The highest BCUT2D eigenvalue weighted by atomic mass is 35.5. The van der Waals surface area contributed by atoms with E-state index in [1.165, 1.54) is 24.3 Å². The molecule has 104 valence electrons. The molecule has 0 spiro atoms. The van der Waals surface area contributed by atoms with Gasteiger partial charge in [-0.25, -0.2) is 0 Å². The van der Waals surface area contributed by atoms with Crippen LogP contribution >= 0.6 is 11.6 Å². The van der Waals surface area contributed by atoms with Crippen molar-refractivity contribution in [3.05, 3.63) is 68.7 Å². The number of nitriles is 1. The number of allylic oxidation sites excluding steroid dienone is 1. The van der Waals surface area contributed by atoms with Crippen LogP contribution in [0, 0.1) is 21.4 Å². The summed E-state index contributed by atoms with van der Waals surface area (Å²) in [5, 5.41) is 30.3. The van der Waals surface area contributed by atoms with Crippen LogP contribution in [0.5, 0.6) is 5.75 Å². The first-order chi connectivity index (χ1) is 10.0. The van der Waals surface area contributed by atoms with Crippen molar-refractivity contribution in [1.82, 2.24) is 0 Å². The van der Waals surface area contributed by atoms with Gasteiger partial charge in [-0.05, 0) is 29.8 Å². The summed E-state index contributed by atoms with van der Waals surface area (Å²) >= 11 is 5.78. The lowest BCUT2D eigenvalue weighted by atomic mass is 10.0. The van der Waals surface area contributed by atoms with Gasteiger partial charge in [0, 0.05) is 22.7 Å². The Balaban J connectivity index is 2.50. The number of nitro groups is 1. The molecule has 0 aliphatic heterocycles. The average Bonchev–Trinajstić information content (AvgIpc) is 2.47. The van der Waals surface area contributed by atoms with Gasteiger partial charge in [0.1, 0.15) is 5.75 Å². The van der Waals surface area contributed by atoms with E-state index in [1.54, 1.807) is 24.3 Å². The van der Waals surface area contributed by atoms with Crippen LogP contribution in [0.4, 0.5) is 5.69 Å². The molecule has 2 aromatic rings. The first kappa shape index (κ1) is 14.6. The lowest BCUT2D eigenvalue weighted by Crippen LogP contribution is -1.89. The largest absolute Gasteiger partial charge is 0.507 e. The molecule has 0 bridgehead atoms. The Bertz CT molecular complexity index is 761. The molecule has 0 saturated carbocycles. The normalized spacial score (nSPS) is 11.0. The first-order valence-corrected chi connectivity index (χ1v) is 6.24. The van der Waals surface area contributed by atoms with E-state index in [0.29, 0.717) is 10.6 Å². The van der Waals surface area contributed by atoms with Gasteiger partial charge in [0.25, 0.3) is 5.69 Å². The molecule has 0 atom stereocenters. The third-order valence-corrected chi connectivity index (χ3v) is 3.05. The molecule has 21 heavy (non-hydrogen) atoms. The van der Waals surface area contributed by atoms with Crippen LogP contribution in [-0.4, -0.2) is 10.0 Å². The molecule has 1 N–H and O–H groups in total. The second-order valence-electron chi connectivity index (χ2n) is 4.18. The number of aromatic hydroxyl groups is 1. The van der Waals surface area contributed by atoms with E-state index in [0.717, 1.165) is 0 Å². The predicted octanol–water partition coefficient (Wildman–Crippen LogP) is 4.02. The van der Waals surface area contributed by atoms with E-state index < -0.39 is 4.92 Å². The minimum absolute atomic E-state index is 0.137. The standard InChI is InChI=1S/C15H9ClN2O3/c16-13-3-1-10(2-4-13)12(9-17)7-11-8-14(18(20)21)5-6-15(11)19/h1-8,19H/b12-7-. The summed E-state index contributed by atoms with van der Waals surface area (Å²) in [4.78, 5) is 10.2. The number of benzene rings is 2. The minimum atomic E-state index is -0.564. The maximum atomic E-state index is 10.8. The fourth-order valence-electron chi connectivity index (χ4n) is 1.74. The van der Waals surface area contributed by atoms with E-state index in [1.807, 2.05) is 6.07 Å². The van der Waals surface area contributed by atoms with Gasteiger partial charge in [0.15, 0.2) is 0 Å². The zero-order chi connectivity index (χ0) is 15.4. The molecule has 0 unspecified atom stereocenters. The number of phenols is 1. The first-order valence-electron chi connectivity index (χ1n) is 5.86. The van der Waals surface area contributed by atoms with Crippen LogP contribution < -0.4 is 0 Å². The molecule has 6 heteroatoms. The summed E-state index contributed by atoms with van der Waals surface area (Å²) in [7, 11) is 0. The van der Waals surface area contributed by atoms with Gasteiger partial charge in [-0.3, -0.25) is 10.1 Å². The zero-order valence-electron chi connectivity index (χ0n) is 10.7. The van der Waals surface area contributed by atoms with Gasteiger partial charge in [-0.15, -0.1) is 0 Å². The Hall–Kier alpha value is -2.84. The molecule has 2 aromatic carbocycles. The topological polar surface area (TPSA) is 87.2 Å². The fraction of sp³-hybridized carbons (Fsp3) is 0. The van der Waals surface area contributed by atoms with E-state index in [2.05, 4.69) is 0 Å². The lowest BCUT2D eigenvalue weighted by molar-refractivity contribution is -0.384. The third-order valence-electron chi connectivity index (χ3n) is 2.80. The van der Waals surface area contributed by atoms with Crippen molar-refractivity contribution < 1.29 is 10.0 Å². The van der Waals surface area contributed by atoms with Crippen LogP contribution in [0.3, 0.4) is 0 Å². The molecule has 0 amide bonds. The van der Waals surface area contributed by atoms with Gasteiger partial charge in [-0.1, -0.05) is 23.7 Å². The highest BCUT2D eigenvalue weighted by Crippen LogP contribution is 2.27. The van der Waals surface area contributed by atoms with Gasteiger partial charge < -0.3 is 5.11 Å². The molecule has 0 aliphatic rings. The van der Waals surface area contributed by atoms with Crippen molar-refractivity contribution in [1.29, 1.82) is 5.26 Å². The summed E-state index contributed by atoms with van der Waals surface area (Å²) in [6.07, 6.45) is 1.39. The maximum absolute atomic E-state index is 10.8. The minimum Gasteiger partial charge on any atom is -0.507 e. The maximum Gasteiger partial charge on any atom is 0.270 e. The lowest BCUT2D eigenvalue weighted by Gasteiger charge is -2.02. The molecule has 0 radical (unpaired) electrons. The van der Waals surface area contributed by atoms with E-state index in [-0.39, 0.29) is 22.6 Å². The van der Waals surface area contributed by atoms with Crippen molar-refractivity contribution in [2.45, 2.75) is 0 Å². The summed E-state index contributed by atoms with van der Waals surface area (Å²) in [5.41, 5.74) is 0.915. The van der Waals surface area contributed by atoms with Gasteiger partial charge in [0.05, 0.1) is 16.6 Å². The van der Waals surface area contributed by atoms with Crippen LogP contribution in [0.1, 0.15) is 11.1 Å². The quantitative estimate of drug-likeness (QED) is 0.401. The van der Waals surface area contributed by atoms with Crippen LogP contribution in [0.2, 0.25) is 5.02 Å². The highest BCUT2D eigenvalue weighted by Gasteiger charge is 2.10. The number of hydrogen-bond acceptors (Lipinski definition) is 4. The van der Waals surface area contributed by atoms with Crippen LogP contribution in [0.15, 0.2) is 42.5 Å². The van der Waals surface area contributed by atoms with Crippen molar-refractivity contribution >= 4 is 28.9 Å². The molecule has 0 aliphatic carbocycles. The summed E-state index contributed by atoms with van der Waals surface area (Å²) < 4.78 is 0. The highest BCUT2D eigenvalue weighted by molar-refractivity contribution is 6.30. The number of phenolic OH excluding ortho intramolecular Hbond substituents is 1. The number of rotatable bonds is 3. The Kier molecular flexibility index (Phi) is 4.21. The second-order valence-corrected chi connectivity index (χ2v) is 4.61. The third kappa shape index (κ3) is 3.38. The molecule has 0 saturated heterocycles. The molecule has 5 nitrogen and oxygen atoms in total. The predicted molar refractivity (Wildman–Crippen MR) is 79.7 cm³/mol. The molecule has 0 fully saturated rings. The van der Waals surface area contributed by atoms with Crippen molar-refractivity contribution in [3.8, 4) is 11.8 Å². The van der Waals surface area contributed by atoms with Crippen molar-refractivity contribution in [2.75, 3.05) is 0 Å². The smallest absolute Gasteiger partial charge is 0.270 e. The summed E-state index contributed by atoms with van der Waals surface area (Å²) in [5.74, 6) is -0.137. The van der Waals surface area contributed by atoms with Crippen LogP contribution in [-0.2, 0) is 0 Å². The SMILES string of the molecule is N#C/C(=C/c1cc([N+](=O)[O-])ccc1O)c1ccc(Cl)cc1. The summed E-state index contributed by atoms with van der Waals surface area (Å²) in [6, 6.07) is 12.2. The number of non-ortho nitro benzene ring substituents is 1. The summed E-state index contributed by atoms with van der Waals surface area (Å²) in [6.45, 7) is 0. The Labute approximate surface area is 125 Å². The number of nitrogens with zero attached hydrogens (tertiary/aromatic N) is 2. The van der Waals surface area contributed by atoms with Gasteiger partial charge >= 0.3 is 0 Å². The zero-order valence-corrected chi connectivity index (χ0v) is 11.4. The molecule has 2 rings (SSSR count). The monoisotopic (exact) mass is 300 g/mol. The van der Waals surface area contributed by atoms with E-state index in [9.17, 15) is 20.5 Å². The Morgan fingerprint density at radius 1 is 1.29 bits per heavy atom. The number of nitro benzene ring substituents is 1. The van der Waals surface area contributed by atoms with Crippen LogP contribution in [0.25, 0.3) is 11.6 Å². The number of hydrogen-bond donors (Lipinski definition) is 1. The van der Waals surface area contributed by atoms with E-state index >= 15 is 0 Å². The van der Waals surface area contributed by atoms with Gasteiger partial charge in [0.2, 0.25) is 0 Å². The van der Waals surface area contributed by atoms with Crippen molar-refractivity contribution in [2.24, 2.45) is 0 Å². The fourth-order valence-corrected chi connectivity index (χ4v) is 1.86. The Morgan fingerprint density at radius 2 is 1.95 bits per heavy atom. The Morgan fingerprint density at radius 3 is 2.52 bits per heavy atom.